The van der Waals surface area contributed by atoms with Gasteiger partial charge >= 0.3 is 0 Å². The Balaban J connectivity index is 0.00000306. The van der Waals surface area contributed by atoms with Crippen LogP contribution < -0.4 is 9.64 Å². The van der Waals surface area contributed by atoms with Crippen LogP contribution in [0.15, 0.2) is 48.5 Å². The SMILES string of the molecule is CCCCOc1ccc(C(=O)N(CCCN2CCOCC2)c2nc3ccccc3s2)cc1.Cl. The summed E-state index contributed by atoms with van der Waals surface area (Å²) in [5.74, 6) is 0.778. The zero-order valence-electron chi connectivity index (χ0n) is 19.1. The van der Waals surface area contributed by atoms with Crippen LogP contribution in [0.3, 0.4) is 0 Å². The third-order valence-corrected chi connectivity index (χ3v) is 6.65. The highest BCUT2D eigenvalue weighted by Gasteiger charge is 2.22. The number of carbonyl (C=O) groups excluding carboxylic acids is 1. The van der Waals surface area contributed by atoms with Gasteiger partial charge in [-0.25, -0.2) is 4.98 Å². The van der Waals surface area contributed by atoms with Crippen LogP contribution in [0.2, 0.25) is 0 Å². The van der Waals surface area contributed by atoms with Crippen LogP contribution in [0.4, 0.5) is 5.13 Å². The summed E-state index contributed by atoms with van der Waals surface area (Å²) < 4.78 is 12.3. The van der Waals surface area contributed by atoms with E-state index in [1.807, 2.05) is 47.4 Å². The maximum absolute atomic E-state index is 13.5. The molecule has 6 nitrogen and oxygen atoms in total. The van der Waals surface area contributed by atoms with Gasteiger partial charge in [0.05, 0.1) is 30.0 Å². The highest BCUT2D eigenvalue weighted by Crippen LogP contribution is 2.30. The van der Waals surface area contributed by atoms with Gasteiger partial charge < -0.3 is 9.47 Å². The third kappa shape index (κ3) is 6.90. The number of rotatable bonds is 10. The highest BCUT2D eigenvalue weighted by atomic mass is 35.5. The van der Waals surface area contributed by atoms with E-state index in [9.17, 15) is 4.79 Å². The summed E-state index contributed by atoms with van der Waals surface area (Å²) in [7, 11) is 0. The van der Waals surface area contributed by atoms with E-state index >= 15 is 0 Å². The van der Waals surface area contributed by atoms with E-state index in [1.54, 1.807) is 11.3 Å². The molecule has 0 N–H and O–H groups in total. The molecule has 1 saturated heterocycles. The number of halogens is 1. The number of hydrogen-bond acceptors (Lipinski definition) is 6. The molecule has 1 amide bonds. The molecule has 1 aliphatic heterocycles. The van der Waals surface area contributed by atoms with Gasteiger partial charge in [-0.15, -0.1) is 12.4 Å². The van der Waals surface area contributed by atoms with Gasteiger partial charge in [-0.05, 0) is 49.2 Å². The molecule has 4 rings (SSSR count). The first-order valence-corrected chi connectivity index (χ1v) is 12.3. The quantitative estimate of drug-likeness (QED) is 0.363. The minimum Gasteiger partial charge on any atom is -0.494 e. The van der Waals surface area contributed by atoms with Crippen molar-refractivity contribution in [1.29, 1.82) is 0 Å². The fraction of sp³-hybridized carbons (Fsp3) is 0.440. The maximum atomic E-state index is 13.5. The number of unbranched alkanes of at least 4 members (excludes halogenated alkanes) is 1. The smallest absolute Gasteiger partial charge is 0.260 e. The van der Waals surface area contributed by atoms with Gasteiger partial charge in [0.2, 0.25) is 0 Å². The number of benzene rings is 2. The number of fused-ring (bicyclic) bond motifs is 1. The lowest BCUT2D eigenvalue weighted by Gasteiger charge is -2.27. The number of para-hydroxylation sites is 1. The highest BCUT2D eigenvalue weighted by molar-refractivity contribution is 7.22. The minimum atomic E-state index is -0.0221. The molecular weight excluding hydrogens is 458 g/mol. The van der Waals surface area contributed by atoms with Crippen LogP contribution in [0.1, 0.15) is 36.5 Å². The average molecular weight is 490 g/mol. The Morgan fingerprint density at radius 1 is 1.12 bits per heavy atom. The van der Waals surface area contributed by atoms with Gasteiger partial charge in [-0.3, -0.25) is 14.6 Å². The average Bonchev–Trinajstić information content (AvgIpc) is 3.27. The number of morpholine rings is 1. The van der Waals surface area contributed by atoms with Crippen molar-refractivity contribution in [2.75, 3.05) is 50.9 Å². The van der Waals surface area contributed by atoms with Gasteiger partial charge in [-0.1, -0.05) is 36.8 Å². The fourth-order valence-corrected chi connectivity index (χ4v) is 4.71. The molecule has 0 unspecified atom stereocenters. The van der Waals surface area contributed by atoms with Gasteiger partial charge in [0.15, 0.2) is 5.13 Å². The maximum Gasteiger partial charge on any atom is 0.260 e. The van der Waals surface area contributed by atoms with Crippen molar-refractivity contribution in [3.05, 3.63) is 54.1 Å². The van der Waals surface area contributed by atoms with Crippen molar-refractivity contribution in [1.82, 2.24) is 9.88 Å². The molecule has 3 aromatic rings. The second kappa shape index (κ2) is 12.9. The predicted octanol–water partition coefficient (Wildman–Crippen LogP) is 5.27. The molecule has 33 heavy (non-hydrogen) atoms. The first kappa shape index (κ1) is 25.4. The van der Waals surface area contributed by atoms with E-state index < -0.39 is 0 Å². The van der Waals surface area contributed by atoms with Crippen LogP contribution in [0, 0.1) is 0 Å². The van der Waals surface area contributed by atoms with Gasteiger partial charge in [0.25, 0.3) is 5.91 Å². The first-order chi connectivity index (χ1) is 15.7. The van der Waals surface area contributed by atoms with E-state index in [0.29, 0.717) is 18.7 Å². The Morgan fingerprint density at radius 3 is 2.61 bits per heavy atom. The Labute approximate surface area is 205 Å². The Bertz CT molecular complexity index is 973. The summed E-state index contributed by atoms with van der Waals surface area (Å²) in [6.07, 6.45) is 3.01. The van der Waals surface area contributed by atoms with Crippen molar-refractivity contribution < 1.29 is 14.3 Å². The normalized spacial score (nSPS) is 14.1. The number of anilines is 1. The van der Waals surface area contributed by atoms with Crippen molar-refractivity contribution >= 4 is 45.0 Å². The van der Waals surface area contributed by atoms with E-state index in [0.717, 1.165) is 73.2 Å². The van der Waals surface area contributed by atoms with E-state index in [2.05, 4.69) is 17.9 Å². The van der Waals surface area contributed by atoms with E-state index in [4.69, 9.17) is 14.5 Å². The molecule has 1 aromatic heterocycles. The lowest BCUT2D eigenvalue weighted by atomic mass is 10.2. The largest absolute Gasteiger partial charge is 0.494 e. The summed E-state index contributed by atoms with van der Waals surface area (Å²) in [6, 6.07) is 15.5. The van der Waals surface area contributed by atoms with Crippen molar-refractivity contribution in [3.8, 4) is 5.75 Å². The molecule has 8 heteroatoms. The molecule has 2 heterocycles. The number of thiazole rings is 1. The van der Waals surface area contributed by atoms with Gasteiger partial charge in [0.1, 0.15) is 5.75 Å². The van der Waals surface area contributed by atoms with E-state index in [-0.39, 0.29) is 18.3 Å². The Hall–Kier alpha value is -2.19. The molecule has 0 spiro atoms. The lowest BCUT2D eigenvalue weighted by Crippen LogP contribution is -2.39. The van der Waals surface area contributed by atoms with Gasteiger partial charge in [-0.2, -0.15) is 0 Å². The first-order valence-electron chi connectivity index (χ1n) is 11.4. The van der Waals surface area contributed by atoms with E-state index in [1.165, 1.54) is 0 Å². The number of nitrogens with zero attached hydrogens (tertiary/aromatic N) is 3. The molecule has 0 saturated carbocycles. The topological polar surface area (TPSA) is 54.9 Å². The summed E-state index contributed by atoms with van der Waals surface area (Å²) in [5, 5.41) is 0.751. The number of hydrogen-bond donors (Lipinski definition) is 0. The number of carbonyl (C=O) groups is 1. The molecule has 1 aliphatic rings. The standard InChI is InChI=1S/C25H31N3O3S.ClH/c1-2-3-17-31-21-11-9-20(10-12-21)24(29)28(14-6-13-27-15-18-30-19-16-27)25-26-22-7-4-5-8-23(22)32-25;/h4-5,7-12H,2-3,6,13-19H2,1H3;1H. The predicted molar refractivity (Wildman–Crippen MR) is 137 cm³/mol. The van der Waals surface area contributed by atoms with Crippen molar-refractivity contribution in [2.24, 2.45) is 0 Å². The van der Waals surface area contributed by atoms with Crippen molar-refractivity contribution in [2.45, 2.75) is 26.2 Å². The van der Waals surface area contributed by atoms with Crippen LogP contribution in [-0.2, 0) is 4.74 Å². The molecule has 178 valence electrons. The van der Waals surface area contributed by atoms with Crippen LogP contribution in [0.25, 0.3) is 10.2 Å². The summed E-state index contributed by atoms with van der Waals surface area (Å²) in [6.45, 7) is 7.89. The Morgan fingerprint density at radius 2 is 1.88 bits per heavy atom. The lowest BCUT2D eigenvalue weighted by molar-refractivity contribution is 0.0376. The molecule has 0 bridgehead atoms. The second-order valence-corrected chi connectivity index (χ2v) is 8.96. The van der Waals surface area contributed by atoms with Gasteiger partial charge in [0, 0.05) is 31.7 Å². The zero-order chi connectivity index (χ0) is 22.2. The van der Waals surface area contributed by atoms with Crippen LogP contribution in [-0.4, -0.2) is 61.8 Å². The third-order valence-electron chi connectivity index (χ3n) is 5.59. The molecule has 1 fully saturated rings. The summed E-state index contributed by atoms with van der Waals surface area (Å²) in [4.78, 5) is 22.5. The molecule has 0 aliphatic carbocycles. The zero-order valence-corrected chi connectivity index (χ0v) is 20.7. The molecule has 0 radical (unpaired) electrons. The minimum absolute atomic E-state index is 0. The monoisotopic (exact) mass is 489 g/mol. The molecule has 0 atom stereocenters. The molecule has 2 aromatic carbocycles. The number of aromatic nitrogens is 1. The number of ether oxygens (including phenoxy) is 2. The van der Waals surface area contributed by atoms with Crippen LogP contribution in [0.5, 0.6) is 5.75 Å². The number of amides is 1. The molecular formula is C25H32ClN3O3S. The summed E-state index contributed by atoms with van der Waals surface area (Å²) in [5.41, 5.74) is 1.58. The second-order valence-electron chi connectivity index (χ2n) is 7.95. The van der Waals surface area contributed by atoms with Crippen LogP contribution >= 0.6 is 23.7 Å². The van der Waals surface area contributed by atoms with Crippen molar-refractivity contribution in [3.63, 3.8) is 0 Å². The fourth-order valence-electron chi connectivity index (χ4n) is 3.72. The summed E-state index contributed by atoms with van der Waals surface area (Å²) >= 11 is 1.57. The Kier molecular flexibility index (Phi) is 9.94.